The van der Waals surface area contributed by atoms with E-state index in [1.807, 2.05) is 0 Å². The fraction of sp³-hybridized carbons (Fsp3) is 0.938. The molecule has 1 amide bonds. The molecule has 5 aliphatic rings. The molecule has 5 rings (SSSR count). The highest BCUT2D eigenvalue weighted by Gasteiger charge is 2.70. The normalized spacial score (nSPS) is 53.3. The van der Waals surface area contributed by atoms with Crippen LogP contribution < -0.4 is 5.32 Å². The standard InChI is InChI=1S/C16H24N2O/c1-9-17-16(6-2-3-7-16)15(19)18(9)14-12-10-4-5-11(8-10)13(12)14/h9-14,17H,2-8H2,1H3. The summed E-state index contributed by atoms with van der Waals surface area (Å²) in [5, 5.41) is 3.67. The summed E-state index contributed by atoms with van der Waals surface area (Å²) in [5.74, 6) is 4.13. The van der Waals surface area contributed by atoms with Gasteiger partial charge in [-0.25, -0.2) is 0 Å². The van der Waals surface area contributed by atoms with Crippen molar-refractivity contribution >= 4 is 5.91 Å². The first-order valence-electron chi connectivity index (χ1n) is 8.32. The van der Waals surface area contributed by atoms with Crippen LogP contribution in [0.2, 0.25) is 0 Å². The molecule has 4 saturated carbocycles. The molecule has 5 fully saturated rings. The first-order valence-corrected chi connectivity index (χ1v) is 8.32. The molecular formula is C16H24N2O. The molecule has 1 saturated heterocycles. The van der Waals surface area contributed by atoms with Crippen molar-refractivity contribution in [3.8, 4) is 0 Å². The van der Waals surface area contributed by atoms with Crippen LogP contribution in [0.4, 0.5) is 0 Å². The molecule has 104 valence electrons. The first-order chi connectivity index (χ1) is 9.21. The Bertz CT molecular complexity index is 426. The molecule has 1 heterocycles. The van der Waals surface area contributed by atoms with Crippen LogP contribution in [0.3, 0.4) is 0 Å². The van der Waals surface area contributed by atoms with Crippen LogP contribution in [0.1, 0.15) is 51.9 Å². The second-order valence-electron chi connectivity index (χ2n) is 7.80. The van der Waals surface area contributed by atoms with Gasteiger partial charge in [0.2, 0.25) is 5.91 Å². The van der Waals surface area contributed by atoms with Crippen LogP contribution in [0, 0.1) is 23.7 Å². The minimum absolute atomic E-state index is 0.157. The molecule has 2 bridgehead atoms. The van der Waals surface area contributed by atoms with Crippen molar-refractivity contribution in [1.29, 1.82) is 0 Å². The van der Waals surface area contributed by atoms with Crippen molar-refractivity contribution in [2.24, 2.45) is 23.7 Å². The highest BCUT2D eigenvalue weighted by Crippen LogP contribution is 2.68. The van der Waals surface area contributed by atoms with Gasteiger partial charge in [0.15, 0.2) is 0 Å². The van der Waals surface area contributed by atoms with Gasteiger partial charge in [0.25, 0.3) is 0 Å². The largest absolute Gasteiger partial charge is 0.322 e. The minimum Gasteiger partial charge on any atom is -0.322 e. The van der Waals surface area contributed by atoms with E-state index in [0.29, 0.717) is 11.9 Å². The van der Waals surface area contributed by atoms with E-state index in [0.717, 1.165) is 36.5 Å². The van der Waals surface area contributed by atoms with Crippen LogP contribution >= 0.6 is 0 Å². The Labute approximate surface area is 115 Å². The van der Waals surface area contributed by atoms with Gasteiger partial charge < -0.3 is 4.90 Å². The first kappa shape index (κ1) is 11.1. The Balaban J connectivity index is 1.43. The molecule has 0 aromatic carbocycles. The fourth-order valence-electron chi connectivity index (χ4n) is 6.34. The van der Waals surface area contributed by atoms with Crippen molar-refractivity contribution in [2.45, 2.75) is 69.6 Å². The maximum atomic E-state index is 12.9. The number of hydrogen-bond donors (Lipinski definition) is 1. The molecule has 0 aromatic rings. The Morgan fingerprint density at radius 2 is 1.79 bits per heavy atom. The Morgan fingerprint density at radius 1 is 1.16 bits per heavy atom. The van der Waals surface area contributed by atoms with Crippen molar-refractivity contribution < 1.29 is 4.79 Å². The molecule has 0 aromatic heterocycles. The van der Waals surface area contributed by atoms with E-state index in [-0.39, 0.29) is 11.7 Å². The van der Waals surface area contributed by atoms with E-state index < -0.39 is 0 Å². The van der Waals surface area contributed by atoms with Crippen LogP contribution in [0.5, 0.6) is 0 Å². The van der Waals surface area contributed by atoms with Gasteiger partial charge in [-0.1, -0.05) is 12.8 Å². The zero-order valence-corrected chi connectivity index (χ0v) is 11.8. The van der Waals surface area contributed by atoms with Gasteiger partial charge in [0.05, 0.1) is 11.7 Å². The number of hydrogen-bond acceptors (Lipinski definition) is 2. The van der Waals surface area contributed by atoms with E-state index in [2.05, 4.69) is 17.1 Å². The van der Waals surface area contributed by atoms with Crippen molar-refractivity contribution in [2.75, 3.05) is 0 Å². The smallest absolute Gasteiger partial charge is 0.244 e. The van der Waals surface area contributed by atoms with Gasteiger partial charge in [-0.15, -0.1) is 0 Å². The third kappa shape index (κ3) is 1.22. The summed E-state index contributed by atoms with van der Waals surface area (Å²) < 4.78 is 0. The summed E-state index contributed by atoms with van der Waals surface area (Å²) in [6.45, 7) is 2.21. The van der Waals surface area contributed by atoms with E-state index in [4.69, 9.17) is 0 Å². The number of carbonyl (C=O) groups is 1. The molecule has 3 heteroatoms. The van der Waals surface area contributed by atoms with Crippen LogP contribution in [0.15, 0.2) is 0 Å². The van der Waals surface area contributed by atoms with Gasteiger partial charge in [0, 0.05) is 6.04 Å². The monoisotopic (exact) mass is 260 g/mol. The summed E-state index contributed by atoms with van der Waals surface area (Å²) in [7, 11) is 0. The van der Waals surface area contributed by atoms with Gasteiger partial charge in [0.1, 0.15) is 0 Å². The van der Waals surface area contributed by atoms with E-state index >= 15 is 0 Å². The lowest BCUT2D eigenvalue weighted by Crippen LogP contribution is -2.44. The fourth-order valence-corrected chi connectivity index (χ4v) is 6.34. The van der Waals surface area contributed by atoms with Gasteiger partial charge in [-0.3, -0.25) is 10.1 Å². The molecule has 5 atom stereocenters. The van der Waals surface area contributed by atoms with E-state index in [1.54, 1.807) is 0 Å². The lowest BCUT2D eigenvalue weighted by molar-refractivity contribution is -0.134. The predicted octanol–water partition coefficient (Wildman–Crippen LogP) is 2.12. The Hall–Kier alpha value is -0.570. The highest BCUT2D eigenvalue weighted by atomic mass is 16.2. The Kier molecular flexibility index (Phi) is 1.97. The number of carbonyl (C=O) groups excluding carboxylic acids is 1. The molecule has 19 heavy (non-hydrogen) atoms. The molecule has 4 aliphatic carbocycles. The number of amides is 1. The average molecular weight is 260 g/mol. The molecular weight excluding hydrogens is 236 g/mol. The molecule has 0 radical (unpaired) electrons. The van der Waals surface area contributed by atoms with Crippen molar-refractivity contribution in [3.63, 3.8) is 0 Å². The SMILES string of the molecule is CC1NC2(CCCC2)C(=O)N1C1C2C3CCC(C3)C21. The van der Waals surface area contributed by atoms with Crippen LogP contribution in [-0.2, 0) is 4.79 Å². The average Bonchev–Trinajstić information content (AvgIpc) is 2.86. The summed E-state index contributed by atoms with van der Waals surface area (Å²) in [6.07, 6.45) is 9.23. The maximum Gasteiger partial charge on any atom is 0.244 e. The zero-order valence-electron chi connectivity index (χ0n) is 11.8. The molecule has 1 aliphatic heterocycles. The molecule has 1 N–H and O–H groups in total. The van der Waals surface area contributed by atoms with Crippen LogP contribution in [-0.4, -0.2) is 28.6 Å². The number of rotatable bonds is 1. The summed E-state index contributed by atoms with van der Waals surface area (Å²) >= 11 is 0. The third-order valence-electron chi connectivity index (χ3n) is 7.02. The van der Waals surface area contributed by atoms with Crippen molar-refractivity contribution in [3.05, 3.63) is 0 Å². The van der Waals surface area contributed by atoms with E-state index in [1.165, 1.54) is 32.1 Å². The number of nitrogens with one attached hydrogen (secondary N) is 1. The van der Waals surface area contributed by atoms with Crippen LogP contribution in [0.25, 0.3) is 0 Å². The van der Waals surface area contributed by atoms with Gasteiger partial charge in [-0.05, 0) is 62.7 Å². The number of fused-ring (bicyclic) bond motifs is 5. The summed E-state index contributed by atoms with van der Waals surface area (Å²) in [5.41, 5.74) is -0.157. The lowest BCUT2D eigenvalue weighted by Gasteiger charge is -2.25. The third-order valence-corrected chi connectivity index (χ3v) is 7.02. The second-order valence-corrected chi connectivity index (χ2v) is 7.80. The van der Waals surface area contributed by atoms with Gasteiger partial charge >= 0.3 is 0 Å². The molecule has 5 unspecified atom stereocenters. The highest BCUT2D eigenvalue weighted by molar-refractivity contribution is 5.89. The quantitative estimate of drug-likeness (QED) is 0.783. The zero-order chi connectivity index (χ0) is 12.8. The van der Waals surface area contributed by atoms with Crippen molar-refractivity contribution in [1.82, 2.24) is 10.2 Å². The topological polar surface area (TPSA) is 32.3 Å². The molecule has 3 nitrogen and oxygen atoms in total. The summed E-state index contributed by atoms with van der Waals surface area (Å²) in [6, 6.07) is 0.612. The summed E-state index contributed by atoms with van der Waals surface area (Å²) in [4.78, 5) is 15.2. The Morgan fingerprint density at radius 3 is 2.42 bits per heavy atom. The van der Waals surface area contributed by atoms with E-state index in [9.17, 15) is 4.79 Å². The van der Waals surface area contributed by atoms with Gasteiger partial charge in [-0.2, -0.15) is 0 Å². The maximum absolute atomic E-state index is 12.9. The predicted molar refractivity (Wildman–Crippen MR) is 72.2 cm³/mol. The molecule has 1 spiro atoms. The number of nitrogens with zero attached hydrogens (tertiary/aromatic N) is 1. The second kappa shape index (κ2) is 3.36. The lowest BCUT2D eigenvalue weighted by atomic mass is 9.97. The minimum atomic E-state index is -0.157.